The average molecular weight is 266 g/mol. The summed E-state index contributed by atoms with van der Waals surface area (Å²) >= 11 is 0. The predicted octanol–water partition coefficient (Wildman–Crippen LogP) is 0.912. The molecular formula is C13H18N2O4. The van der Waals surface area contributed by atoms with Gasteiger partial charge < -0.3 is 15.4 Å². The lowest BCUT2D eigenvalue weighted by atomic mass is 9.86. The van der Waals surface area contributed by atoms with Crippen LogP contribution in [0.5, 0.6) is 0 Å². The zero-order valence-corrected chi connectivity index (χ0v) is 11.4. The minimum absolute atomic E-state index is 0.0962. The molecule has 0 fully saturated rings. The Labute approximate surface area is 110 Å². The van der Waals surface area contributed by atoms with E-state index in [0.717, 1.165) is 0 Å². The monoisotopic (exact) mass is 266 g/mol. The summed E-state index contributed by atoms with van der Waals surface area (Å²) in [6.07, 6.45) is 0. The van der Waals surface area contributed by atoms with E-state index >= 15 is 0 Å². The molecule has 1 aromatic rings. The third-order valence-electron chi connectivity index (χ3n) is 2.69. The number of pyridine rings is 1. The van der Waals surface area contributed by atoms with Gasteiger partial charge >= 0.3 is 5.97 Å². The van der Waals surface area contributed by atoms with Crippen molar-refractivity contribution in [2.75, 3.05) is 0 Å². The number of hydrogen-bond acceptors (Lipinski definition) is 3. The van der Waals surface area contributed by atoms with Gasteiger partial charge in [-0.05, 0) is 24.5 Å². The number of nitrogens with one attached hydrogen (secondary N) is 2. The van der Waals surface area contributed by atoms with Gasteiger partial charge in [-0.15, -0.1) is 0 Å². The molecule has 1 amide bonds. The van der Waals surface area contributed by atoms with Crippen molar-refractivity contribution in [1.29, 1.82) is 0 Å². The van der Waals surface area contributed by atoms with E-state index in [4.69, 9.17) is 5.11 Å². The maximum Gasteiger partial charge on any atom is 0.326 e. The van der Waals surface area contributed by atoms with Crippen molar-refractivity contribution in [3.63, 3.8) is 0 Å². The van der Waals surface area contributed by atoms with E-state index in [1.165, 1.54) is 6.07 Å². The third-order valence-corrected chi connectivity index (χ3v) is 2.69. The first-order valence-electron chi connectivity index (χ1n) is 5.86. The summed E-state index contributed by atoms with van der Waals surface area (Å²) in [5, 5.41) is 11.5. The number of aromatic nitrogens is 1. The second kappa shape index (κ2) is 5.26. The van der Waals surface area contributed by atoms with Crippen molar-refractivity contribution in [3.8, 4) is 0 Å². The van der Waals surface area contributed by atoms with E-state index in [1.807, 2.05) is 0 Å². The number of hydrogen-bond donors (Lipinski definition) is 3. The van der Waals surface area contributed by atoms with Gasteiger partial charge in [0.05, 0.1) is 0 Å². The zero-order valence-electron chi connectivity index (χ0n) is 11.4. The topological polar surface area (TPSA) is 99.3 Å². The van der Waals surface area contributed by atoms with E-state index < -0.39 is 28.9 Å². The van der Waals surface area contributed by atoms with Crippen molar-refractivity contribution < 1.29 is 14.7 Å². The van der Waals surface area contributed by atoms with Crippen LogP contribution in [0.25, 0.3) is 0 Å². The largest absolute Gasteiger partial charge is 0.480 e. The SMILES string of the molecule is Cc1ccc(C(=O)N[C@@H](C(=O)O)C(C)(C)C)c(=O)[nH]1. The highest BCUT2D eigenvalue weighted by molar-refractivity contribution is 5.96. The molecule has 0 radical (unpaired) electrons. The Bertz CT molecular complexity index is 554. The molecule has 104 valence electrons. The summed E-state index contributed by atoms with van der Waals surface area (Å²) in [4.78, 5) is 37.2. The van der Waals surface area contributed by atoms with Gasteiger partial charge in [0.15, 0.2) is 0 Å². The number of carbonyl (C=O) groups excluding carboxylic acids is 1. The zero-order chi connectivity index (χ0) is 14.8. The van der Waals surface area contributed by atoms with Crippen molar-refractivity contribution in [2.45, 2.75) is 33.7 Å². The van der Waals surface area contributed by atoms with Gasteiger partial charge in [-0.2, -0.15) is 0 Å². The molecule has 1 heterocycles. The number of aliphatic carboxylic acids is 1. The number of aryl methyl sites for hydroxylation is 1. The lowest BCUT2D eigenvalue weighted by Crippen LogP contribution is -2.49. The summed E-state index contributed by atoms with van der Waals surface area (Å²) in [7, 11) is 0. The molecule has 3 N–H and O–H groups in total. The molecule has 0 spiro atoms. The maximum absolute atomic E-state index is 11.9. The molecule has 1 rings (SSSR count). The number of amides is 1. The van der Waals surface area contributed by atoms with Gasteiger partial charge in [-0.25, -0.2) is 4.79 Å². The molecule has 0 aliphatic carbocycles. The Morgan fingerprint density at radius 2 is 1.89 bits per heavy atom. The summed E-state index contributed by atoms with van der Waals surface area (Å²) in [6, 6.07) is 1.90. The summed E-state index contributed by atoms with van der Waals surface area (Å²) in [5.74, 6) is -1.83. The van der Waals surface area contributed by atoms with Crippen LogP contribution in [-0.2, 0) is 4.79 Å². The van der Waals surface area contributed by atoms with Crippen LogP contribution in [0.2, 0.25) is 0 Å². The summed E-state index contributed by atoms with van der Waals surface area (Å²) < 4.78 is 0. The highest BCUT2D eigenvalue weighted by Gasteiger charge is 2.33. The molecular weight excluding hydrogens is 248 g/mol. The van der Waals surface area contributed by atoms with Crippen LogP contribution in [-0.4, -0.2) is 28.0 Å². The van der Waals surface area contributed by atoms with Crippen molar-refractivity contribution >= 4 is 11.9 Å². The van der Waals surface area contributed by atoms with Crippen LogP contribution in [0.15, 0.2) is 16.9 Å². The standard InChI is InChI=1S/C13H18N2O4/c1-7-5-6-8(10(16)14-7)11(17)15-9(12(18)19)13(2,3)4/h5-6,9H,1-4H3,(H,14,16)(H,15,17)(H,18,19)/t9-/m0/s1. The molecule has 19 heavy (non-hydrogen) atoms. The van der Waals surface area contributed by atoms with E-state index in [-0.39, 0.29) is 5.56 Å². The highest BCUT2D eigenvalue weighted by atomic mass is 16.4. The fraction of sp³-hybridized carbons (Fsp3) is 0.462. The van der Waals surface area contributed by atoms with Crippen molar-refractivity contribution in [1.82, 2.24) is 10.3 Å². The number of rotatable bonds is 3. The van der Waals surface area contributed by atoms with Crippen LogP contribution in [0.3, 0.4) is 0 Å². The van der Waals surface area contributed by atoms with Gasteiger partial charge in [-0.1, -0.05) is 20.8 Å². The van der Waals surface area contributed by atoms with Gasteiger partial charge in [-0.3, -0.25) is 9.59 Å². The second-order valence-corrected chi connectivity index (χ2v) is 5.49. The molecule has 0 saturated carbocycles. The molecule has 0 aromatic carbocycles. The van der Waals surface area contributed by atoms with E-state index in [1.54, 1.807) is 33.8 Å². The number of carboxylic acids is 1. The highest BCUT2D eigenvalue weighted by Crippen LogP contribution is 2.19. The first-order chi connectivity index (χ1) is 8.62. The number of aromatic amines is 1. The Hall–Kier alpha value is -2.11. The molecule has 0 aliphatic heterocycles. The van der Waals surface area contributed by atoms with Gasteiger partial charge in [0.25, 0.3) is 11.5 Å². The lowest BCUT2D eigenvalue weighted by molar-refractivity contribution is -0.142. The van der Waals surface area contributed by atoms with Crippen molar-refractivity contribution in [3.05, 3.63) is 33.7 Å². The van der Waals surface area contributed by atoms with E-state index in [2.05, 4.69) is 10.3 Å². The molecule has 0 aliphatic rings. The van der Waals surface area contributed by atoms with Gasteiger partial charge in [0.1, 0.15) is 11.6 Å². The van der Waals surface area contributed by atoms with Crippen LogP contribution in [0, 0.1) is 12.3 Å². The molecule has 0 bridgehead atoms. The summed E-state index contributed by atoms with van der Waals surface area (Å²) in [5.41, 5.74) is -0.650. The van der Waals surface area contributed by atoms with Crippen LogP contribution < -0.4 is 10.9 Å². The van der Waals surface area contributed by atoms with Gasteiger partial charge in [0.2, 0.25) is 0 Å². The first-order valence-corrected chi connectivity index (χ1v) is 5.86. The molecule has 0 unspecified atom stereocenters. The third kappa shape index (κ3) is 3.67. The minimum atomic E-state index is -1.13. The van der Waals surface area contributed by atoms with Crippen LogP contribution >= 0.6 is 0 Å². The number of carboxylic acid groups (broad SMARTS) is 1. The second-order valence-electron chi connectivity index (χ2n) is 5.49. The van der Waals surface area contributed by atoms with E-state index in [9.17, 15) is 14.4 Å². The first kappa shape index (κ1) is 14.9. The Morgan fingerprint density at radius 1 is 1.32 bits per heavy atom. The van der Waals surface area contributed by atoms with E-state index in [0.29, 0.717) is 5.69 Å². The minimum Gasteiger partial charge on any atom is -0.480 e. The number of carbonyl (C=O) groups is 2. The number of H-pyrrole nitrogens is 1. The average Bonchev–Trinajstić information content (AvgIpc) is 2.23. The summed E-state index contributed by atoms with van der Waals surface area (Å²) in [6.45, 7) is 6.79. The molecule has 1 aromatic heterocycles. The smallest absolute Gasteiger partial charge is 0.326 e. The Morgan fingerprint density at radius 3 is 2.32 bits per heavy atom. The Balaban J connectivity index is 3.01. The fourth-order valence-electron chi connectivity index (χ4n) is 1.61. The quantitative estimate of drug-likeness (QED) is 0.757. The van der Waals surface area contributed by atoms with Crippen LogP contribution in [0.4, 0.5) is 0 Å². The molecule has 1 atom stereocenters. The normalized spacial score (nSPS) is 12.8. The van der Waals surface area contributed by atoms with Gasteiger partial charge in [0, 0.05) is 5.69 Å². The predicted molar refractivity (Wildman–Crippen MR) is 70.1 cm³/mol. The Kier molecular flexibility index (Phi) is 4.14. The lowest BCUT2D eigenvalue weighted by Gasteiger charge is -2.27. The van der Waals surface area contributed by atoms with Crippen molar-refractivity contribution in [2.24, 2.45) is 5.41 Å². The maximum atomic E-state index is 11.9. The molecule has 0 saturated heterocycles. The molecule has 6 heteroatoms. The molecule has 6 nitrogen and oxygen atoms in total. The van der Waals surface area contributed by atoms with Crippen LogP contribution in [0.1, 0.15) is 36.8 Å². The fourth-order valence-corrected chi connectivity index (χ4v) is 1.61.